The van der Waals surface area contributed by atoms with Crippen molar-refractivity contribution >= 4 is 28.6 Å². The predicted octanol–water partition coefficient (Wildman–Crippen LogP) is 5.52. The SMILES string of the molecule is COc1ccc2nccc(C(O)CC[C@@H]3CCN(CCCSc4cccc(C#N)c4)C[C@@H]3CC(=O)O)c2c1. The second-order valence-corrected chi connectivity index (χ2v) is 11.1. The van der Waals surface area contributed by atoms with Crippen molar-refractivity contribution in [3.63, 3.8) is 0 Å². The molecule has 0 amide bonds. The van der Waals surface area contributed by atoms with Crippen molar-refractivity contribution in [1.82, 2.24) is 9.88 Å². The van der Waals surface area contributed by atoms with Crippen LogP contribution in [0.3, 0.4) is 0 Å². The lowest BCUT2D eigenvalue weighted by atomic mass is 9.79. The maximum Gasteiger partial charge on any atom is 0.303 e. The van der Waals surface area contributed by atoms with Gasteiger partial charge in [-0.3, -0.25) is 9.78 Å². The molecule has 0 radical (unpaired) electrons. The lowest BCUT2D eigenvalue weighted by molar-refractivity contribution is -0.139. The van der Waals surface area contributed by atoms with Crippen LogP contribution < -0.4 is 4.74 Å². The number of benzene rings is 2. The van der Waals surface area contributed by atoms with Gasteiger partial charge in [0.1, 0.15) is 5.75 Å². The van der Waals surface area contributed by atoms with Gasteiger partial charge >= 0.3 is 5.97 Å². The Kier molecular flexibility index (Phi) is 9.99. The number of fused-ring (bicyclic) bond motifs is 1. The molecule has 1 aliphatic heterocycles. The summed E-state index contributed by atoms with van der Waals surface area (Å²) in [6.45, 7) is 2.65. The number of methoxy groups -OCH3 is 1. The number of rotatable bonds is 12. The van der Waals surface area contributed by atoms with Crippen molar-refractivity contribution in [2.75, 3.05) is 32.5 Å². The fraction of sp³-hybridized carbons (Fsp3) is 0.433. The number of ether oxygens (including phenoxy) is 1. The number of likely N-dealkylation sites (tertiary alicyclic amines) is 1. The highest BCUT2D eigenvalue weighted by Crippen LogP contribution is 2.35. The van der Waals surface area contributed by atoms with E-state index in [1.54, 1.807) is 25.1 Å². The van der Waals surface area contributed by atoms with Crippen LogP contribution in [-0.2, 0) is 4.79 Å². The number of pyridine rings is 1. The van der Waals surface area contributed by atoms with Crippen LogP contribution in [-0.4, -0.2) is 58.6 Å². The molecule has 7 nitrogen and oxygen atoms in total. The summed E-state index contributed by atoms with van der Waals surface area (Å²) in [4.78, 5) is 19.5. The van der Waals surface area contributed by atoms with Crippen molar-refractivity contribution < 1.29 is 19.7 Å². The van der Waals surface area contributed by atoms with Crippen LogP contribution in [0.25, 0.3) is 10.9 Å². The lowest BCUT2D eigenvalue weighted by Gasteiger charge is -2.38. The number of hydrogen-bond donors (Lipinski definition) is 2. The number of nitriles is 1. The third-order valence-electron chi connectivity index (χ3n) is 7.42. The highest BCUT2D eigenvalue weighted by molar-refractivity contribution is 7.99. The zero-order chi connectivity index (χ0) is 26.9. The minimum Gasteiger partial charge on any atom is -0.497 e. The van der Waals surface area contributed by atoms with Gasteiger partial charge in [-0.05, 0) is 104 Å². The molecule has 1 aromatic heterocycles. The van der Waals surface area contributed by atoms with Crippen molar-refractivity contribution in [1.29, 1.82) is 5.26 Å². The Morgan fingerprint density at radius 3 is 2.92 bits per heavy atom. The highest BCUT2D eigenvalue weighted by atomic mass is 32.2. The summed E-state index contributed by atoms with van der Waals surface area (Å²) in [5.41, 5.74) is 2.32. The topological polar surface area (TPSA) is 107 Å². The first kappa shape index (κ1) is 27.9. The molecule has 2 N–H and O–H groups in total. The quantitative estimate of drug-likeness (QED) is 0.231. The molecule has 3 atom stereocenters. The van der Waals surface area contributed by atoms with Gasteiger partial charge in [0.25, 0.3) is 0 Å². The first-order valence-electron chi connectivity index (χ1n) is 13.1. The number of hydrogen-bond acceptors (Lipinski definition) is 7. The zero-order valence-electron chi connectivity index (χ0n) is 21.8. The first-order chi connectivity index (χ1) is 18.5. The van der Waals surface area contributed by atoms with E-state index in [9.17, 15) is 15.0 Å². The third kappa shape index (κ3) is 7.47. The molecule has 0 aliphatic carbocycles. The van der Waals surface area contributed by atoms with E-state index in [2.05, 4.69) is 16.0 Å². The van der Waals surface area contributed by atoms with Gasteiger partial charge < -0.3 is 19.8 Å². The molecule has 1 fully saturated rings. The van der Waals surface area contributed by atoms with Crippen molar-refractivity contribution in [2.24, 2.45) is 11.8 Å². The molecular formula is C30H35N3O4S. The fourth-order valence-electron chi connectivity index (χ4n) is 5.42. The number of nitrogens with zero attached hydrogens (tertiary/aromatic N) is 3. The first-order valence-corrected chi connectivity index (χ1v) is 14.1. The lowest BCUT2D eigenvalue weighted by Crippen LogP contribution is -2.42. The molecule has 4 rings (SSSR count). The zero-order valence-corrected chi connectivity index (χ0v) is 22.6. The molecule has 0 bridgehead atoms. The standard InChI is InChI=1S/C30H35N3O4S/c1-37-24-7-8-28-27(18-24)26(10-12-32-28)29(34)9-6-22-11-14-33(20-23(22)17-30(35)36)13-3-15-38-25-5-2-4-21(16-25)19-31/h2,4-5,7-8,10,12,16,18,22-23,29,34H,3,6,9,11,13-15,17,20H2,1H3,(H,35,36)/t22-,23+,29?/m1/s1. The summed E-state index contributed by atoms with van der Waals surface area (Å²) in [6, 6.07) is 17.4. The molecular weight excluding hydrogens is 498 g/mol. The van der Waals surface area contributed by atoms with E-state index < -0.39 is 12.1 Å². The largest absolute Gasteiger partial charge is 0.497 e. The molecule has 38 heavy (non-hydrogen) atoms. The molecule has 1 unspecified atom stereocenters. The smallest absolute Gasteiger partial charge is 0.303 e. The maximum atomic E-state index is 11.6. The number of aliphatic carboxylic acids is 1. The number of piperidine rings is 1. The van der Waals surface area contributed by atoms with Gasteiger partial charge in [-0.1, -0.05) is 6.07 Å². The number of thioether (sulfide) groups is 1. The minimum absolute atomic E-state index is 0.0719. The van der Waals surface area contributed by atoms with Crippen LogP contribution in [0.5, 0.6) is 5.75 Å². The Balaban J connectivity index is 1.30. The van der Waals surface area contributed by atoms with E-state index >= 15 is 0 Å². The molecule has 8 heteroatoms. The Bertz CT molecular complexity index is 1280. The van der Waals surface area contributed by atoms with Gasteiger partial charge in [-0.25, -0.2) is 0 Å². The van der Waals surface area contributed by atoms with Crippen LogP contribution in [0.1, 0.15) is 49.3 Å². The van der Waals surface area contributed by atoms with Crippen LogP contribution in [0, 0.1) is 23.2 Å². The molecule has 3 aromatic rings. The summed E-state index contributed by atoms with van der Waals surface area (Å²) in [5.74, 6) is 1.25. The average Bonchev–Trinajstić information content (AvgIpc) is 2.93. The van der Waals surface area contributed by atoms with Gasteiger partial charge in [0, 0.05) is 29.4 Å². The van der Waals surface area contributed by atoms with Crippen molar-refractivity contribution in [2.45, 2.75) is 43.1 Å². The normalized spacial score (nSPS) is 18.7. The number of aliphatic hydroxyl groups is 1. The van der Waals surface area contributed by atoms with Gasteiger partial charge in [0.15, 0.2) is 0 Å². The summed E-state index contributed by atoms with van der Waals surface area (Å²) in [7, 11) is 1.62. The summed E-state index contributed by atoms with van der Waals surface area (Å²) < 4.78 is 5.36. The number of carbonyl (C=O) groups is 1. The molecule has 200 valence electrons. The van der Waals surface area contributed by atoms with Gasteiger partial charge in [-0.15, -0.1) is 11.8 Å². The molecule has 0 saturated carbocycles. The van der Waals surface area contributed by atoms with Gasteiger partial charge in [0.2, 0.25) is 0 Å². The molecule has 1 saturated heterocycles. The van der Waals surface area contributed by atoms with E-state index in [1.165, 1.54) is 0 Å². The fourth-order valence-corrected chi connectivity index (χ4v) is 6.31. The molecule has 0 spiro atoms. The number of aliphatic hydroxyl groups excluding tert-OH is 1. The van der Waals surface area contributed by atoms with E-state index in [4.69, 9.17) is 10.00 Å². The van der Waals surface area contributed by atoms with Gasteiger partial charge in [-0.2, -0.15) is 5.26 Å². The summed E-state index contributed by atoms with van der Waals surface area (Å²) in [5, 5.41) is 30.6. The number of aromatic nitrogens is 1. The van der Waals surface area contributed by atoms with Crippen LogP contribution in [0.15, 0.2) is 59.6 Å². The Morgan fingerprint density at radius 1 is 1.26 bits per heavy atom. The summed E-state index contributed by atoms with van der Waals surface area (Å²) in [6.07, 6.45) is 4.53. The van der Waals surface area contributed by atoms with E-state index in [0.29, 0.717) is 12.0 Å². The van der Waals surface area contributed by atoms with Crippen LogP contribution in [0.2, 0.25) is 0 Å². The highest BCUT2D eigenvalue weighted by Gasteiger charge is 2.31. The van der Waals surface area contributed by atoms with Crippen molar-refractivity contribution in [3.05, 3.63) is 65.9 Å². The molecule has 2 aromatic carbocycles. The Hall–Kier alpha value is -3.12. The van der Waals surface area contributed by atoms with Gasteiger partial charge in [0.05, 0.1) is 30.4 Å². The number of carboxylic acids is 1. The summed E-state index contributed by atoms with van der Waals surface area (Å²) >= 11 is 1.75. The monoisotopic (exact) mass is 533 g/mol. The minimum atomic E-state index is -0.762. The molecule has 1 aliphatic rings. The van der Waals surface area contributed by atoms with E-state index in [0.717, 1.165) is 71.8 Å². The Morgan fingerprint density at radius 2 is 2.13 bits per heavy atom. The van der Waals surface area contributed by atoms with Crippen molar-refractivity contribution in [3.8, 4) is 11.8 Å². The predicted molar refractivity (Wildman–Crippen MR) is 149 cm³/mol. The third-order valence-corrected chi connectivity index (χ3v) is 8.50. The van der Waals surface area contributed by atoms with E-state index in [-0.39, 0.29) is 18.3 Å². The van der Waals surface area contributed by atoms with Crippen LogP contribution >= 0.6 is 11.8 Å². The maximum absolute atomic E-state index is 11.6. The Labute approximate surface area is 228 Å². The average molecular weight is 534 g/mol. The molecule has 2 heterocycles. The number of carboxylic acid groups (broad SMARTS) is 1. The second-order valence-electron chi connectivity index (χ2n) is 9.93. The second kappa shape index (κ2) is 13.6. The van der Waals surface area contributed by atoms with E-state index in [1.807, 2.05) is 48.5 Å². The van der Waals surface area contributed by atoms with Crippen LogP contribution in [0.4, 0.5) is 0 Å².